The van der Waals surface area contributed by atoms with Gasteiger partial charge in [-0.15, -0.1) is 0 Å². The molecule has 3 atom stereocenters. The molecule has 0 aromatic carbocycles. The third-order valence-corrected chi connectivity index (χ3v) is 6.27. The van der Waals surface area contributed by atoms with Crippen LogP contribution in [0.15, 0.2) is 12.3 Å². The van der Waals surface area contributed by atoms with Gasteiger partial charge in [0.15, 0.2) is 0 Å². The fourth-order valence-electron chi connectivity index (χ4n) is 4.72. The Hall–Kier alpha value is -1.62. The molecule has 27 heavy (non-hydrogen) atoms. The molecule has 0 N–H and O–H groups in total. The first-order valence-corrected chi connectivity index (χ1v) is 10.7. The Labute approximate surface area is 163 Å². The molecule has 2 aromatic heterocycles. The molecule has 2 aromatic rings. The highest BCUT2D eigenvalue weighted by atomic mass is 16.5. The summed E-state index contributed by atoms with van der Waals surface area (Å²) in [6.45, 7) is 10.8. The highest BCUT2D eigenvalue weighted by Crippen LogP contribution is 2.32. The van der Waals surface area contributed by atoms with Crippen LogP contribution in [0, 0.1) is 6.92 Å². The van der Waals surface area contributed by atoms with Gasteiger partial charge in [-0.2, -0.15) is 10.2 Å². The number of aryl methyl sites for hydroxylation is 3. The summed E-state index contributed by atoms with van der Waals surface area (Å²) in [7, 11) is 0. The number of rotatable bonds is 5. The minimum atomic E-state index is 0.296. The van der Waals surface area contributed by atoms with Gasteiger partial charge in [-0.25, -0.2) is 0 Å². The van der Waals surface area contributed by atoms with E-state index in [4.69, 9.17) is 14.9 Å². The van der Waals surface area contributed by atoms with E-state index >= 15 is 0 Å². The SMILES string of the molecule is Cc1cn(C2CCOC(CC(C)c3cc4n(n3)CCCC4)C2)nc1C(C)C. The van der Waals surface area contributed by atoms with Crippen LogP contribution in [0.5, 0.6) is 0 Å². The number of aromatic nitrogens is 4. The molecule has 5 heteroatoms. The van der Waals surface area contributed by atoms with Gasteiger partial charge in [0, 0.05) is 31.0 Å². The maximum absolute atomic E-state index is 6.13. The van der Waals surface area contributed by atoms with E-state index in [1.165, 1.54) is 41.9 Å². The largest absolute Gasteiger partial charge is 0.378 e. The summed E-state index contributed by atoms with van der Waals surface area (Å²) in [5, 5.41) is 9.77. The van der Waals surface area contributed by atoms with E-state index in [-0.39, 0.29) is 0 Å². The molecule has 1 saturated heterocycles. The Bertz CT molecular complexity index is 750. The average Bonchev–Trinajstić information content (AvgIpc) is 3.25. The number of nitrogens with zero attached hydrogens (tertiary/aromatic N) is 4. The van der Waals surface area contributed by atoms with Crippen molar-refractivity contribution in [1.29, 1.82) is 0 Å². The summed E-state index contributed by atoms with van der Waals surface area (Å²) in [6, 6.07) is 2.79. The van der Waals surface area contributed by atoms with Gasteiger partial charge in [-0.05, 0) is 63.0 Å². The smallest absolute Gasteiger partial charge is 0.0679 e. The van der Waals surface area contributed by atoms with E-state index in [0.717, 1.165) is 32.4 Å². The third kappa shape index (κ3) is 3.98. The first kappa shape index (κ1) is 18.7. The molecule has 5 nitrogen and oxygen atoms in total. The summed E-state index contributed by atoms with van der Waals surface area (Å²) in [5.74, 6) is 0.922. The highest BCUT2D eigenvalue weighted by molar-refractivity contribution is 5.18. The average molecular weight is 371 g/mol. The van der Waals surface area contributed by atoms with E-state index < -0.39 is 0 Å². The van der Waals surface area contributed by atoms with Crippen LogP contribution in [0.4, 0.5) is 0 Å². The second-order valence-electron chi connectivity index (χ2n) is 8.88. The zero-order valence-corrected chi connectivity index (χ0v) is 17.3. The molecular weight excluding hydrogens is 336 g/mol. The molecule has 2 aliphatic rings. The normalized spacial score (nSPS) is 24.2. The lowest BCUT2D eigenvalue weighted by atomic mass is 9.93. The lowest BCUT2D eigenvalue weighted by Gasteiger charge is -2.31. The second-order valence-corrected chi connectivity index (χ2v) is 8.88. The Kier molecular flexibility index (Phi) is 5.40. The minimum Gasteiger partial charge on any atom is -0.378 e. The van der Waals surface area contributed by atoms with Crippen LogP contribution in [0.1, 0.15) is 93.4 Å². The van der Waals surface area contributed by atoms with Crippen LogP contribution >= 0.6 is 0 Å². The van der Waals surface area contributed by atoms with Gasteiger partial charge in [0.25, 0.3) is 0 Å². The Morgan fingerprint density at radius 2 is 2.07 bits per heavy atom. The molecular formula is C22H34N4O. The van der Waals surface area contributed by atoms with E-state index in [9.17, 15) is 0 Å². The molecule has 0 amide bonds. The zero-order valence-electron chi connectivity index (χ0n) is 17.3. The molecule has 4 heterocycles. The van der Waals surface area contributed by atoms with Crippen molar-refractivity contribution < 1.29 is 4.74 Å². The predicted octanol–water partition coefficient (Wildman–Crippen LogP) is 4.76. The second kappa shape index (κ2) is 7.78. The molecule has 1 fully saturated rings. The fourth-order valence-corrected chi connectivity index (χ4v) is 4.72. The lowest BCUT2D eigenvalue weighted by Crippen LogP contribution is -2.29. The molecule has 0 spiro atoms. The molecule has 2 aliphatic heterocycles. The van der Waals surface area contributed by atoms with Crippen molar-refractivity contribution in [3.8, 4) is 0 Å². The first-order valence-electron chi connectivity index (χ1n) is 10.7. The Morgan fingerprint density at radius 1 is 1.22 bits per heavy atom. The van der Waals surface area contributed by atoms with Crippen molar-refractivity contribution in [3.63, 3.8) is 0 Å². The van der Waals surface area contributed by atoms with Gasteiger partial charge in [-0.1, -0.05) is 20.8 Å². The number of hydrogen-bond acceptors (Lipinski definition) is 3. The predicted molar refractivity (Wildman–Crippen MR) is 107 cm³/mol. The third-order valence-electron chi connectivity index (χ3n) is 6.27. The molecule has 3 unspecified atom stereocenters. The number of hydrogen-bond donors (Lipinski definition) is 0. The molecule has 4 rings (SSSR count). The van der Waals surface area contributed by atoms with Crippen LogP contribution in [0.3, 0.4) is 0 Å². The molecule has 0 radical (unpaired) electrons. The summed E-state index contributed by atoms with van der Waals surface area (Å²) in [5.41, 5.74) is 5.20. The first-order chi connectivity index (χ1) is 13.0. The Balaban J connectivity index is 1.41. The quantitative estimate of drug-likeness (QED) is 0.762. The van der Waals surface area contributed by atoms with Crippen LogP contribution < -0.4 is 0 Å². The standard InChI is InChI=1S/C22H34N4O/c1-15(2)22-17(4)14-26(24-22)19-8-10-27-20(12-19)11-16(3)21-13-18-7-5-6-9-25(18)23-21/h13-16,19-20H,5-12H2,1-4H3. The molecule has 0 bridgehead atoms. The van der Waals surface area contributed by atoms with Crippen molar-refractivity contribution in [2.45, 2.75) is 96.7 Å². The van der Waals surface area contributed by atoms with E-state index in [2.05, 4.69) is 49.3 Å². The summed E-state index contributed by atoms with van der Waals surface area (Å²) in [6.07, 6.45) is 9.42. The van der Waals surface area contributed by atoms with Gasteiger partial charge in [0.1, 0.15) is 0 Å². The monoisotopic (exact) mass is 370 g/mol. The van der Waals surface area contributed by atoms with Crippen LogP contribution in [0.2, 0.25) is 0 Å². The molecule has 148 valence electrons. The zero-order chi connectivity index (χ0) is 19.0. The summed E-state index contributed by atoms with van der Waals surface area (Å²) < 4.78 is 10.6. The highest BCUT2D eigenvalue weighted by Gasteiger charge is 2.28. The van der Waals surface area contributed by atoms with Gasteiger partial charge < -0.3 is 4.74 Å². The van der Waals surface area contributed by atoms with Crippen molar-refractivity contribution in [1.82, 2.24) is 19.6 Å². The van der Waals surface area contributed by atoms with Gasteiger partial charge in [-0.3, -0.25) is 9.36 Å². The van der Waals surface area contributed by atoms with Gasteiger partial charge >= 0.3 is 0 Å². The van der Waals surface area contributed by atoms with Crippen molar-refractivity contribution in [2.24, 2.45) is 0 Å². The minimum absolute atomic E-state index is 0.296. The maximum atomic E-state index is 6.13. The van der Waals surface area contributed by atoms with Crippen molar-refractivity contribution >= 4 is 0 Å². The van der Waals surface area contributed by atoms with Crippen LogP contribution in [0.25, 0.3) is 0 Å². The fraction of sp³-hybridized carbons (Fsp3) is 0.727. The van der Waals surface area contributed by atoms with Gasteiger partial charge in [0.05, 0.1) is 23.5 Å². The maximum Gasteiger partial charge on any atom is 0.0679 e. The van der Waals surface area contributed by atoms with E-state index in [1.807, 2.05) is 0 Å². The molecule has 0 aliphatic carbocycles. The summed E-state index contributed by atoms with van der Waals surface area (Å²) >= 11 is 0. The van der Waals surface area contributed by atoms with Crippen molar-refractivity contribution in [2.75, 3.05) is 6.61 Å². The van der Waals surface area contributed by atoms with Gasteiger partial charge in [0.2, 0.25) is 0 Å². The topological polar surface area (TPSA) is 44.9 Å². The number of fused-ring (bicyclic) bond motifs is 1. The van der Waals surface area contributed by atoms with E-state index in [1.54, 1.807) is 0 Å². The number of ether oxygens (including phenoxy) is 1. The van der Waals surface area contributed by atoms with Crippen LogP contribution in [-0.4, -0.2) is 32.3 Å². The Morgan fingerprint density at radius 3 is 2.81 bits per heavy atom. The van der Waals surface area contributed by atoms with E-state index in [0.29, 0.717) is 24.0 Å². The summed E-state index contributed by atoms with van der Waals surface area (Å²) in [4.78, 5) is 0. The van der Waals surface area contributed by atoms with Crippen molar-refractivity contribution in [3.05, 3.63) is 34.9 Å². The molecule has 0 saturated carbocycles. The lowest BCUT2D eigenvalue weighted by molar-refractivity contribution is -0.0152. The van der Waals surface area contributed by atoms with Crippen LogP contribution in [-0.2, 0) is 17.7 Å².